The van der Waals surface area contributed by atoms with E-state index in [4.69, 9.17) is 19.9 Å². The molecule has 2 aliphatic rings. The molecule has 6 heteroatoms. The van der Waals surface area contributed by atoms with Crippen LogP contribution in [-0.4, -0.2) is 30.8 Å². The molecule has 0 spiro atoms. The van der Waals surface area contributed by atoms with E-state index in [9.17, 15) is 4.79 Å². The molecule has 6 nitrogen and oxygen atoms in total. The molecule has 1 saturated heterocycles. The Morgan fingerprint density at radius 1 is 0.974 bits per heavy atom. The van der Waals surface area contributed by atoms with Crippen molar-refractivity contribution in [2.45, 2.75) is 70.8 Å². The molecule has 5 rings (SSSR count). The molecule has 38 heavy (non-hydrogen) atoms. The number of nitrogens with two attached hydrogens (primary N) is 1. The van der Waals surface area contributed by atoms with Crippen molar-refractivity contribution in [3.63, 3.8) is 0 Å². The molecular formula is C32H44N3O3+. The van der Waals surface area contributed by atoms with Crippen LogP contribution in [0.15, 0.2) is 71.3 Å². The van der Waals surface area contributed by atoms with Gasteiger partial charge in [-0.2, -0.15) is 0 Å². The zero-order chi connectivity index (χ0) is 27.2. The molecule has 2 aromatic carbocycles. The highest BCUT2D eigenvalue weighted by Gasteiger charge is 2.31. The van der Waals surface area contributed by atoms with Gasteiger partial charge in [0.25, 0.3) is 0 Å². The molecule has 2 fully saturated rings. The van der Waals surface area contributed by atoms with E-state index in [1.807, 2.05) is 19.1 Å². The van der Waals surface area contributed by atoms with E-state index in [0.717, 1.165) is 24.1 Å². The van der Waals surface area contributed by atoms with Crippen LogP contribution in [0.1, 0.15) is 91.8 Å². The molecule has 204 valence electrons. The van der Waals surface area contributed by atoms with Gasteiger partial charge in [0.05, 0.1) is 25.2 Å². The summed E-state index contributed by atoms with van der Waals surface area (Å²) < 4.78 is 6.38. The largest absolute Gasteiger partial charge is 0.439 e. The number of primary amides is 1. The first-order valence-electron chi connectivity index (χ1n) is 14.1. The first-order chi connectivity index (χ1) is 18.6. The Morgan fingerprint density at radius 3 is 2.13 bits per heavy atom. The Labute approximate surface area is 227 Å². The Kier molecular flexibility index (Phi) is 12.2. The number of nitrogens with one attached hydrogen (secondary N) is 1. The van der Waals surface area contributed by atoms with E-state index in [0.29, 0.717) is 17.4 Å². The summed E-state index contributed by atoms with van der Waals surface area (Å²) in [7, 11) is 0. The van der Waals surface area contributed by atoms with E-state index in [2.05, 4.69) is 37.3 Å². The van der Waals surface area contributed by atoms with Crippen molar-refractivity contribution in [1.29, 1.82) is 0 Å². The van der Waals surface area contributed by atoms with Gasteiger partial charge in [-0.05, 0) is 55.2 Å². The van der Waals surface area contributed by atoms with Crippen molar-refractivity contribution >= 4 is 12.7 Å². The lowest BCUT2D eigenvalue weighted by Crippen LogP contribution is -3.11. The third-order valence-corrected chi connectivity index (χ3v) is 7.99. The molecule has 1 unspecified atom stereocenters. The van der Waals surface area contributed by atoms with Gasteiger partial charge < -0.3 is 19.8 Å². The van der Waals surface area contributed by atoms with Gasteiger partial charge in [-0.15, -0.1) is 0 Å². The van der Waals surface area contributed by atoms with Gasteiger partial charge in [-0.1, -0.05) is 81.1 Å². The van der Waals surface area contributed by atoms with Crippen LogP contribution < -0.4 is 10.6 Å². The van der Waals surface area contributed by atoms with Gasteiger partial charge in [-0.3, -0.25) is 4.79 Å². The van der Waals surface area contributed by atoms with Crippen LogP contribution in [0, 0.1) is 11.8 Å². The fourth-order valence-corrected chi connectivity index (χ4v) is 5.81. The summed E-state index contributed by atoms with van der Waals surface area (Å²) in [6.45, 7) is 7.88. The predicted molar refractivity (Wildman–Crippen MR) is 151 cm³/mol. The summed E-state index contributed by atoms with van der Waals surface area (Å²) >= 11 is 0. The minimum absolute atomic E-state index is 0.320. The number of benzene rings is 2. The quantitative estimate of drug-likeness (QED) is 0.450. The average Bonchev–Trinajstić information content (AvgIpc) is 3.44. The number of nitrogens with zero attached hydrogens (tertiary/aromatic N) is 1. The van der Waals surface area contributed by atoms with Gasteiger partial charge in [0.15, 0.2) is 5.76 Å². The molecule has 2 heterocycles. The highest BCUT2D eigenvalue weighted by molar-refractivity contribution is 5.92. The Hall–Kier alpha value is -3.25. The zero-order valence-electron chi connectivity index (χ0n) is 22.8. The smallest absolute Gasteiger partial charge is 0.248 e. The van der Waals surface area contributed by atoms with Gasteiger partial charge in [0, 0.05) is 5.56 Å². The number of hydrogen-bond acceptors (Lipinski definition) is 4. The minimum atomic E-state index is -0.379. The van der Waals surface area contributed by atoms with Crippen molar-refractivity contribution in [1.82, 2.24) is 4.98 Å². The number of quaternary nitrogens is 1. The van der Waals surface area contributed by atoms with Crippen molar-refractivity contribution < 1.29 is 18.9 Å². The molecule has 0 bridgehead atoms. The van der Waals surface area contributed by atoms with E-state index in [1.54, 1.807) is 29.2 Å². The number of hydrogen-bond donors (Lipinski definition) is 2. The van der Waals surface area contributed by atoms with Crippen LogP contribution in [0.5, 0.6) is 0 Å². The van der Waals surface area contributed by atoms with Gasteiger partial charge >= 0.3 is 0 Å². The normalized spacial score (nSPS) is 20.2. The molecule has 0 radical (unpaired) electrons. The fourth-order valence-electron chi connectivity index (χ4n) is 5.81. The maximum absolute atomic E-state index is 10.4. The Bertz CT molecular complexity index is 1060. The second-order valence-electron chi connectivity index (χ2n) is 10.5. The first-order valence-corrected chi connectivity index (χ1v) is 14.1. The number of likely N-dealkylation sites (tertiary alicyclic amines) is 1. The standard InChI is InChI=1S/C24H34N2O.C7H7NO.CH2O/c1-2-19-13-15-26(16-14-19)18-22-17-25-24(27-22)23(20-9-5-3-6-10-20)21-11-7-4-8-12-21;8-7(9)6-4-2-1-3-5-6;1-2/h3,5-6,9-10,17,19,21,23H,2,4,7-8,11-16,18H2,1H3;1-5H,(H2,8,9);1H2/p+1. The zero-order valence-corrected chi connectivity index (χ0v) is 22.8. The number of amides is 1. The van der Waals surface area contributed by atoms with Gasteiger partial charge in [-0.25, -0.2) is 4.98 Å². The van der Waals surface area contributed by atoms with Crippen LogP contribution in [0.25, 0.3) is 0 Å². The topological polar surface area (TPSA) is 90.6 Å². The molecule has 1 aliphatic carbocycles. The number of oxazole rings is 1. The lowest BCUT2D eigenvalue weighted by molar-refractivity contribution is -0.920. The van der Waals surface area contributed by atoms with E-state index < -0.39 is 0 Å². The molecular weight excluding hydrogens is 474 g/mol. The summed E-state index contributed by atoms with van der Waals surface area (Å²) in [5.74, 6) is 3.57. The van der Waals surface area contributed by atoms with E-state index in [1.165, 1.54) is 70.0 Å². The van der Waals surface area contributed by atoms with Gasteiger partial charge in [0.1, 0.15) is 13.3 Å². The maximum atomic E-state index is 10.4. The monoisotopic (exact) mass is 518 g/mol. The van der Waals surface area contributed by atoms with E-state index >= 15 is 0 Å². The van der Waals surface area contributed by atoms with Crippen LogP contribution in [0.2, 0.25) is 0 Å². The summed E-state index contributed by atoms with van der Waals surface area (Å²) in [5.41, 5.74) is 6.90. The van der Waals surface area contributed by atoms with Crippen molar-refractivity contribution in [3.05, 3.63) is 89.6 Å². The van der Waals surface area contributed by atoms with Crippen LogP contribution in [0.3, 0.4) is 0 Å². The van der Waals surface area contributed by atoms with Crippen molar-refractivity contribution in [3.8, 4) is 0 Å². The lowest BCUT2D eigenvalue weighted by atomic mass is 9.77. The summed E-state index contributed by atoms with van der Waals surface area (Å²) in [5, 5.41) is 0. The second kappa shape index (κ2) is 15.9. The van der Waals surface area contributed by atoms with E-state index in [-0.39, 0.29) is 5.91 Å². The number of rotatable bonds is 7. The van der Waals surface area contributed by atoms with Gasteiger partial charge in [0.2, 0.25) is 11.8 Å². The SMILES string of the molecule is C=O.CCC1CC[NH+](Cc2cnc(C(c3ccccc3)C3CCCCC3)o2)CC1.NC(=O)c1ccccc1. The third kappa shape index (κ3) is 8.66. The van der Waals surface area contributed by atoms with Crippen molar-refractivity contribution in [2.24, 2.45) is 17.6 Å². The Balaban J connectivity index is 0.000000307. The molecule has 1 aromatic heterocycles. The third-order valence-electron chi connectivity index (χ3n) is 7.99. The minimum Gasteiger partial charge on any atom is -0.439 e. The predicted octanol–water partition coefficient (Wildman–Crippen LogP) is 5.19. The molecule has 1 saturated carbocycles. The number of piperidine rings is 1. The summed E-state index contributed by atoms with van der Waals surface area (Å²) in [6, 6.07) is 19.7. The fraction of sp³-hybridized carbons (Fsp3) is 0.469. The number of carbonyl (C=O) groups excluding carboxylic acids is 2. The lowest BCUT2D eigenvalue weighted by Gasteiger charge is -2.29. The highest BCUT2D eigenvalue weighted by atomic mass is 16.4. The molecule has 1 amide bonds. The maximum Gasteiger partial charge on any atom is 0.248 e. The summed E-state index contributed by atoms with van der Waals surface area (Å²) in [4.78, 5) is 24.9. The Morgan fingerprint density at radius 2 is 1.58 bits per heavy atom. The molecule has 1 atom stereocenters. The van der Waals surface area contributed by atoms with Crippen LogP contribution in [-0.2, 0) is 11.3 Å². The average molecular weight is 519 g/mol. The second-order valence-corrected chi connectivity index (χ2v) is 10.5. The molecule has 3 N–H and O–H groups in total. The van der Waals surface area contributed by atoms with Crippen LogP contribution >= 0.6 is 0 Å². The number of aromatic nitrogens is 1. The highest BCUT2D eigenvalue weighted by Crippen LogP contribution is 2.40. The first kappa shape index (κ1) is 29.3. The van der Waals surface area contributed by atoms with Crippen LogP contribution in [0.4, 0.5) is 0 Å². The molecule has 3 aromatic rings. The summed E-state index contributed by atoms with van der Waals surface area (Å²) in [6.07, 6.45) is 12.7. The molecule has 1 aliphatic heterocycles. The number of carbonyl (C=O) groups is 2. The van der Waals surface area contributed by atoms with Crippen molar-refractivity contribution in [2.75, 3.05) is 13.1 Å².